The summed E-state index contributed by atoms with van der Waals surface area (Å²) >= 11 is 0. The molecule has 0 saturated heterocycles. The van der Waals surface area contributed by atoms with E-state index in [1.807, 2.05) is 30.3 Å². The van der Waals surface area contributed by atoms with Crippen molar-refractivity contribution in [2.24, 2.45) is 5.73 Å². The summed E-state index contributed by atoms with van der Waals surface area (Å²) in [5.41, 5.74) is 6.99. The first kappa shape index (κ1) is 24.0. The lowest BCUT2D eigenvalue weighted by atomic mass is 10.1. The topological polar surface area (TPSA) is 165 Å². The number of carbonyl (C=O) groups is 2. The Hall–Kier alpha value is -4.19. The second-order valence-corrected chi connectivity index (χ2v) is 9.61. The summed E-state index contributed by atoms with van der Waals surface area (Å²) in [5.74, 6) is -0.904. The van der Waals surface area contributed by atoms with E-state index in [4.69, 9.17) is 9.92 Å². The zero-order chi connectivity index (χ0) is 25.0. The van der Waals surface area contributed by atoms with Crippen molar-refractivity contribution in [3.05, 3.63) is 71.4 Å². The van der Waals surface area contributed by atoms with Crippen LogP contribution in [0.25, 0.3) is 0 Å². The van der Waals surface area contributed by atoms with Crippen LogP contribution in [-0.4, -0.2) is 42.5 Å². The van der Waals surface area contributed by atoms with Crippen LogP contribution in [0.1, 0.15) is 39.1 Å². The van der Waals surface area contributed by atoms with Crippen LogP contribution in [0.2, 0.25) is 0 Å². The Bertz CT molecular complexity index is 1360. The molecular weight excluding hydrogens is 472 g/mol. The molecule has 0 spiro atoms. The number of nitrogens with zero attached hydrogens (tertiary/aromatic N) is 2. The van der Waals surface area contributed by atoms with Crippen molar-refractivity contribution in [1.82, 2.24) is 15.3 Å². The van der Waals surface area contributed by atoms with Crippen molar-refractivity contribution in [2.45, 2.75) is 25.4 Å². The van der Waals surface area contributed by atoms with Crippen LogP contribution in [0.3, 0.4) is 0 Å². The molecule has 5 N–H and O–H groups in total. The molecule has 11 nitrogen and oxygen atoms in total. The van der Waals surface area contributed by atoms with Gasteiger partial charge in [0.2, 0.25) is 5.95 Å². The van der Waals surface area contributed by atoms with Gasteiger partial charge in [-0.1, -0.05) is 30.3 Å². The first-order valence-corrected chi connectivity index (χ1v) is 12.6. The van der Waals surface area contributed by atoms with Crippen LogP contribution in [0.5, 0.6) is 5.75 Å². The quantitative estimate of drug-likeness (QED) is 0.308. The molecule has 0 unspecified atom stereocenters. The van der Waals surface area contributed by atoms with Crippen molar-refractivity contribution in [3.63, 3.8) is 0 Å². The molecule has 0 aliphatic heterocycles. The molecule has 3 aromatic rings. The normalized spacial score (nSPS) is 13.1. The highest BCUT2D eigenvalue weighted by molar-refractivity contribution is 7.86. The number of nitrogens with two attached hydrogens (primary N) is 1. The summed E-state index contributed by atoms with van der Waals surface area (Å²) < 4.78 is 28.6. The van der Waals surface area contributed by atoms with E-state index in [9.17, 15) is 18.0 Å². The molecule has 35 heavy (non-hydrogen) atoms. The number of hydrogen-bond acceptors (Lipinski definition) is 9. The van der Waals surface area contributed by atoms with Crippen LogP contribution in [0, 0.1) is 0 Å². The van der Waals surface area contributed by atoms with Crippen LogP contribution < -0.4 is 25.9 Å². The number of primary amides is 1. The zero-order valence-corrected chi connectivity index (χ0v) is 19.6. The minimum absolute atomic E-state index is 0.0862. The van der Waals surface area contributed by atoms with E-state index in [2.05, 4.69) is 25.9 Å². The summed E-state index contributed by atoms with van der Waals surface area (Å²) in [5, 5.41) is 8.82. The van der Waals surface area contributed by atoms with Gasteiger partial charge in [0.15, 0.2) is 5.75 Å². The van der Waals surface area contributed by atoms with Crippen LogP contribution >= 0.6 is 0 Å². The van der Waals surface area contributed by atoms with Gasteiger partial charge in [-0.05, 0) is 30.5 Å². The standard InChI is InChI=1S/C23H24N6O5S/c1-35(32,33)34-19-11-16(9-10-17(19)22(31)27-15-7-8-15)28-23-26-13-18(20(24)30)21(29-23)25-12-14-5-3-2-4-6-14/h2-6,9-11,13,15H,7-8,12H2,1H3,(H2,24,30)(H,27,31)(H2,25,26,28,29). The Labute approximate surface area is 202 Å². The minimum atomic E-state index is -3.89. The number of amides is 2. The average Bonchev–Trinajstić information content (AvgIpc) is 3.61. The Kier molecular flexibility index (Phi) is 6.82. The second kappa shape index (κ2) is 9.97. The first-order chi connectivity index (χ1) is 16.7. The number of carbonyl (C=O) groups excluding carboxylic acids is 2. The van der Waals surface area contributed by atoms with Gasteiger partial charge in [-0.2, -0.15) is 13.4 Å². The minimum Gasteiger partial charge on any atom is -0.382 e. The lowest BCUT2D eigenvalue weighted by molar-refractivity contribution is 0.0948. The molecule has 2 aromatic carbocycles. The van der Waals surface area contributed by atoms with Gasteiger partial charge in [0, 0.05) is 30.5 Å². The van der Waals surface area contributed by atoms with Gasteiger partial charge in [0.1, 0.15) is 5.82 Å². The molecule has 1 aromatic heterocycles. The fraction of sp³-hybridized carbons (Fsp3) is 0.217. The van der Waals surface area contributed by atoms with Crippen LogP contribution in [0.4, 0.5) is 17.5 Å². The number of hydrogen-bond donors (Lipinski definition) is 4. The van der Waals surface area contributed by atoms with E-state index in [-0.39, 0.29) is 34.7 Å². The molecule has 0 bridgehead atoms. The van der Waals surface area contributed by atoms with E-state index in [1.165, 1.54) is 18.3 Å². The number of aromatic nitrogens is 2. The molecule has 182 valence electrons. The van der Waals surface area contributed by atoms with Gasteiger partial charge in [0.05, 0.1) is 17.4 Å². The lowest BCUT2D eigenvalue weighted by Gasteiger charge is -2.14. The fourth-order valence-electron chi connectivity index (χ4n) is 3.18. The maximum Gasteiger partial charge on any atom is 0.306 e. The Morgan fingerprint density at radius 2 is 1.86 bits per heavy atom. The largest absolute Gasteiger partial charge is 0.382 e. The Morgan fingerprint density at radius 1 is 1.11 bits per heavy atom. The fourth-order valence-corrected chi connectivity index (χ4v) is 3.64. The van der Waals surface area contributed by atoms with Gasteiger partial charge < -0.3 is 25.9 Å². The maximum absolute atomic E-state index is 12.5. The zero-order valence-electron chi connectivity index (χ0n) is 18.8. The van der Waals surface area contributed by atoms with Crippen molar-refractivity contribution in [1.29, 1.82) is 0 Å². The van der Waals surface area contributed by atoms with E-state index in [1.54, 1.807) is 6.07 Å². The highest BCUT2D eigenvalue weighted by atomic mass is 32.2. The predicted molar refractivity (Wildman–Crippen MR) is 130 cm³/mol. The molecule has 0 atom stereocenters. The van der Waals surface area contributed by atoms with Crippen molar-refractivity contribution in [2.75, 3.05) is 16.9 Å². The third kappa shape index (κ3) is 6.67. The molecule has 12 heteroatoms. The van der Waals surface area contributed by atoms with E-state index in [0.717, 1.165) is 24.7 Å². The summed E-state index contributed by atoms with van der Waals surface area (Å²) in [4.78, 5) is 32.8. The van der Waals surface area contributed by atoms with Gasteiger partial charge in [-0.15, -0.1) is 0 Å². The molecule has 1 aliphatic rings. The number of benzene rings is 2. The maximum atomic E-state index is 12.5. The first-order valence-electron chi connectivity index (χ1n) is 10.7. The van der Waals surface area contributed by atoms with Crippen LogP contribution in [0.15, 0.2) is 54.7 Å². The summed E-state index contributed by atoms with van der Waals surface area (Å²) in [6, 6.07) is 14.0. The van der Waals surface area contributed by atoms with Gasteiger partial charge in [-0.25, -0.2) is 4.98 Å². The highest BCUT2D eigenvalue weighted by Gasteiger charge is 2.26. The molecular formula is C23H24N6O5S. The molecule has 1 heterocycles. The van der Waals surface area contributed by atoms with Crippen molar-refractivity contribution >= 4 is 39.4 Å². The third-order valence-electron chi connectivity index (χ3n) is 4.99. The molecule has 2 amide bonds. The van der Waals surface area contributed by atoms with Crippen molar-refractivity contribution in [3.8, 4) is 5.75 Å². The highest BCUT2D eigenvalue weighted by Crippen LogP contribution is 2.28. The second-order valence-electron chi connectivity index (χ2n) is 8.03. The smallest absolute Gasteiger partial charge is 0.306 e. The average molecular weight is 497 g/mol. The molecule has 0 radical (unpaired) electrons. The molecule has 1 fully saturated rings. The lowest BCUT2D eigenvalue weighted by Crippen LogP contribution is -2.26. The van der Waals surface area contributed by atoms with Crippen molar-refractivity contribution < 1.29 is 22.2 Å². The number of nitrogens with one attached hydrogen (secondary N) is 3. The Morgan fingerprint density at radius 3 is 2.51 bits per heavy atom. The number of rotatable bonds is 10. The van der Waals surface area contributed by atoms with Crippen LogP contribution in [-0.2, 0) is 16.7 Å². The predicted octanol–water partition coefficient (Wildman–Crippen LogP) is 2.16. The number of anilines is 3. The molecule has 1 aliphatic carbocycles. The van der Waals surface area contributed by atoms with Gasteiger partial charge >= 0.3 is 10.1 Å². The van der Waals surface area contributed by atoms with Gasteiger partial charge in [-0.3, -0.25) is 9.59 Å². The summed E-state index contributed by atoms with van der Waals surface area (Å²) in [6.45, 7) is 0.398. The SMILES string of the molecule is CS(=O)(=O)Oc1cc(Nc2ncc(C(N)=O)c(NCc3ccccc3)n2)ccc1C(=O)NC1CC1. The third-order valence-corrected chi connectivity index (χ3v) is 5.48. The van der Waals surface area contributed by atoms with E-state index >= 15 is 0 Å². The van der Waals surface area contributed by atoms with E-state index in [0.29, 0.717) is 12.2 Å². The summed E-state index contributed by atoms with van der Waals surface area (Å²) in [7, 11) is -3.89. The molecule has 1 saturated carbocycles. The molecule has 4 rings (SSSR count). The Balaban J connectivity index is 1.58. The van der Waals surface area contributed by atoms with E-state index < -0.39 is 21.9 Å². The van der Waals surface area contributed by atoms with Gasteiger partial charge in [0.25, 0.3) is 11.8 Å². The summed E-state index contributed by atoms with van der Waals surface area (Å²) in [6.07, 6.45) is 3.95. The monoisotopic (exact) mass is 496 g/mol.